The first-order valence-electron chi connectivity index (χ1n) is 13.3. The second kappa shape index (κ2) is 13.0. The number of nitrogens with zero attached hydrogens (tertiary/aromatic N) is 4. The zero-order chi connectivity index (χ0) is 29.6. The SMILES string of the molecule is CC(O)(CCn1cc([N+](=O)[O-])nc1Cl)COc1ccc(N2CCC(CCc3ccc(OC(F)(F)F)cc3)CC2)cc1. The molecule has 1 aliphatic heterocycles. The fraction of sp³-hybridized carbons (Fsp3) is 0.464. The van der Waals surface area contributed by atoms with Gasteiger partial charge < -0.3 is 29.6 Å². The Morgan fingerprint density at radius 1 is 1.10 bits per heavy atom. The fourth-order valence-electron chi connectivity index (χ4n) is 4.76. The quantitative estimate of drug-likeness (QED) is 0.190. The first kappa shape index (κ1) is 30.4. The van der Waals surface area contributed by atoms with Crippen LogP contribution in [0.1, 0.15) is 38.2 Å². The Bertz CT molecular complexity index is 1290. The molecular formula is C28H32ClF3N4O5. The number of aryl methyl sites for hydroxylation is 2. The number of aromatic nitrogens is 2. The molecule has 1 atom stereocenters. The molecule has 1 fully saturated rings. The second-order valence-corrected chi connectivity index (χ2v) is 10.8. The van der Waals surface area contributed by atoms with Gasteiger partial charge in [-0.1, -0.05) is 12.1 Å². The van der Waals surface area contributed by atoms with E-state index in [1.54, 1.807) is 19.1 Å². The van der Waals surface area contributed by atoms with Crippen LogP contribution in [0, 0.1) is 16.0 Å². The number of nitro groups is 1. The van der Waals surface area contributed by atoms with Crippen molar-refractivity contribution in [2.24, 2.45) is 5.92 Å². The molecule has 41 heavy (non-hydrogen) atoms. The number of ether oxygens (including phenoxy) is 2. The molecule has 222 valence electrons. The summed E-state index contributed by atoms with van der Waals surface area (Å²) < 4.78 is 48.1. The van der Waals surface area contributed by atoms with Crippen LogP contribution in [0.15, 0.2) is 54.7 Å². The van der Waals surface area contributed by atoms with Crippen LogP contribution in [0.25, 0.3) is 0 Å². The summed E-state index contributed by atoms with van der Waals surface area (Å²) in [6.45, 7) is 3.72. The largest absolute Gasteiger partial charge is 0.573 e. The molecule has 1 N–H and O–H groups in total. The molecule has 0 amide bonds. The van der Waals surface area contributed by atoms with Crippen LogP contribution >= 0.6 is 11.6 Å². The van der Waals surface area contributed by atoms with Gasteiger partial charge in [0.05, 0.1) is 5.60 Å². The van der Waals surface area contributed by atoms with Crippen molar-refractivity contribution in [3.63, 3.8) is 0 Å². The lowest BCUT2D eigenvalue weighted by Crippen LogP contribution is -2.34. The van der Waals surface area contributed by atoms with Crippen LogP contribution in [0.5, 0.6) is 11.5 Å². The van der Waals surface area contributed by atoms with Gasteiger partial charge >= 0.3 is 17.5 Å². The summed E-state index contributed by atoms with van der Waals surface area (Å²) in [5.74, 6) is 0.613. The maximum atomic E-state index is 12.3. The van der Waals surface area contributed by atoms with Crippen molar-refractivity contribution in [1.29, 1.82) is 0 Å². The third kappa shape index (κ3) is 9.25. The lowest BCUT2D eigenvalue weighted by molar-refractivity contribution is -0.389. The summed E-state index contributed by atoms with van der Waals surface area (Å²) in [6.07, 6.45) is 0.647. The molecule has 0 radical (unpaired) electrons. The highest BCUT2D eigenvalue weighted by atomic mass is 35.5. The number of rotatable bonds is 12. The molecule has 2 heterocycles. The molecule has 0 spiro atoms. The molecule has 0 saturated carbocycles. The molecule has 9 nitrogen and oxygen atoms in total. The van der Waals surface area contributed by atoms with Crippen molar-refractivity contribution >= 4 is 23.1 Å². The van der Waals surface area contributed by atoms with E-state index in [1.807, 2.05) is 24.3 Å². The number of imidazole rings is 1. The van der Waals surface area contributed by atoms with E-state index < -0.39 is 16.9 Å². The van der Waals surface area contributed by atoms with Gasteiger partial charge in [-0.25, -0.2) is 0 Å². The van der Waals surface area contributed by atoms with Gasteiger partial charge in [0.15, 0.2) is 0 Å². The first-order chi connectivity index (χ1) is 19.4. The van der Waals surface area contributed by atoms with Crippen molar-refractivity contribution in [2.75, 3.05) is 24.6 Å². The van der Waals surface area contributed by atoms with E-state index in [9.17, 15) is 28.4 Å². The van der Waals surface area contributed by atoms with Gasteiger partial charge in [-0.05, 0) is 108 Å². The van der Waals surface area contributed by atoms with E-state index in [2.05, 4.69) is 14.6 Å². The minimum Gasteiger partial charge on any atom is -0.491 e. The van der Waals surface area contributed by atoms with Gasteiger partial charge in [-0.2, -0.15) is 0 Å². The normalized spacial score (nSPS) is 15.9. The Balaban J connectivity index is 1.18. The van der Waals surface area contributed by atoms with Gasteiger partial charge in [0.25, 0.3) is 0 Å². The Morgan fingerprint density at radius 2 is 1.73 bits per heavy atom. The van der Waals surface area contributed by atoms with Gasteiger partial charge in [0.2, 0.25) is 0 Å². The standard InChI is InChI=1S/C28H32ClF3N4O5/c1-27(37,14-17-35-18-25(36(38)39)33-26(35)29)19-40-23-10-6-22(7-11-23)34-15-12-21(13-16-34)3-2-20-4-8-24(9-5-20)41-28(30,31)32/h4-11,18,21,37H,2-3,12-17,19H2,1H3. The highest BCUT2D eigenvalue weighted by molar-refractivity contribution is 6.28. The summed E-state index contributed by atoms with van der Waals surface area (Å²) in [4.78, 5) is 16.2. The monoisotopic (exact) mass is 596 g/mol. The van der Waals surface area contributed by atoms with Crippen LogP contribution < -0.4 is 14.4 Å². The van der Waals surface area contributed by atoms with E-state index >= 15 is 0 Å². The molecule has 1 aliphatic rings. The molecule has 0 aliphatic carbocycles. The van der Waals surface area contributed by atoms with Crippen LogP contribution in [0.3, 0.4) is 0 Å². The predicted octanol–water partition coefficient (Wildman–Crippen LogP) is 6.41. The number of hydrogen-bond acceptors (Lipinski definition) is 7. The topological polar surface area (TPSA) is 103 Å². The molecule has 2 aromatic carbocycles. The molecule has 3 aromatic rings. The fourth-order valence-corrected chi connectivity index (χ4v) is 4.98. The van der Waals surface area contributed by atoms with Crippen LogP contribution in [0.4, 0.5) is 24.7 Å². The Hall–Kier alpha value is -3.51. The number of aliphatic hydroxyl groups is 1. The summed E-state index contributed by atoms with van der Waals surface area (Å²) >= 11 is 5.94. The van der Waals surface area contributed by atoms with Crippen LogP contribution in [-0.4, -0.2) is 51.2 Å². The van der Waals surface area contributed by atoms with Gasteiger partial charge in [-0.3, -0.25) is 4.57 Å². The number of anilines is 1. The molecule has 1 saturated heterocycles. The van der Waals surface area contributed by atoms with E-state index in [0.717, 1.165) is 50.0 Å². The van der Waals surface area contributed by atoms with Gasteiger partial charge in [0, 0.05) is 25.3 Å². The molecule has 13 heteroatoms. The molecule has 1 aromatic heterocycles. The third-order valence-electron chi connectivity index (χ3n) is 7.16. The van der Waals surface area contributed by atoms with Crippen molar-refractivity contribution < 1.29 is 32.7 Å². The van der Waals surface area contributed by atoms with E-state index in [4.69, 9.17) is 16.3 Å². The molecule has 1 unspecified atom stereocenters. The molecular weight excluding hydrogens is 565 g/mol. The number of benzene rings is 2. The maximum absolute atomic E-state index is 12.3. The van der Waals surface area contributed by atoms with Crippen molar-refractivity contribution in [1.82, 2.24) is 9.55 Å². The Morgan fingerprint density at radius 3 is 2.32 bits per heavy atom. The smallest absolute Gasteiger partial charge is 0.491 e. The van der Waals surface area contributed by atoms with E-state index in [0.29, 0.717) is 11.7 Å². The minimum atomic E-state index is -4.68. The van der Waals surface area contributed by atoms with Gasteiger partial charge in [-0.15, -0.1) is 13.2 Å². The minimum absolute atomic E-state index is 0.0128. The summed E-state index contributed by atoms with van der Waals surface area (Å²) in [5, 5.41) is 21.5. The summed E-state index contributed by atoms with van der Waals surface area (Å²) in [5.41, 5.74) is 0.882. The van der Waals surface area contributed by atoms with Crippen molar-refractivity contribution in [3.05, 3.63) is 75.7 Å². The molecule has 4 rings (SSSR count). The zero-order valence-electron chi connectivity index (χ0n) is 22.5. The average Bonchev–Trinajstić information content (AvgIpc) is 3.31. The van der Waals surface area contributed by atoms with Crippen LogP contribution in [-0.2, 0) is 13.0 Å². The Labute approximate surface area is 240 Å². The van der Waals surface area contributed by atoms with E-state index in [1.165, 1.54) is 22.9 Å². The maximum Gasteiger partial charge on any atom is 0.573 e. The average molecular weight is 597 g/mol. The number of piperidine rings is 1. The lowest BCUT2D eigenvalue weighted by atomic mass is 9.90. The number of hydrogen-bond donors (Lipinski definition) is 1. The van der Waals surface area contributed by atoms with E-state index in [-0.39, 0.29) is 36.4 Å². The van der Waals surface area contributed by atoms with Crippen molar-refractivity contribution in [3.8, 4) is 11.5 Å². The highest BCUT2D eigenvalue weighted by Crippen LogP contribution is 2.29. The summed E-state index contributed by atoms with van der Waals surface area (Å²) in [7, 11) is 0. The summed E-state index contributed by atoms with van der Waals surface area (Å²) in [6, 6.07) is 13.8. The predicted molar refractivity (Wildman–Crippen MR) is 147 cm³/mol. The van der Waals surface area contributed by atoms with Crippen LogP contribution in [0.2, 0.25) is 5.28 Å². The second-order valence-electron chi connectivity index (χ2n) is 10.5. The molecule has 0 bridgehead atoms. The lowest BCUT2D eigenvalue weighted by Gasteiger charge is -2.34. The number of halogens is 4. The van der Waals surface area contributed by atoms with Gasteiger partial charge in [0.1, 0.15) is 24.3 Å². The first-order valence-corrected chi connectivity index (χ1v) is 13.7. The van der Waals surface area contributed by atoms with Crippen molar-refractivity contribution in [2.45, 2.75) is 57.5 Å². The highest BCUT2D eigenvalue weighted by Gasteiger charge is 2.31. The third-order valence-corrected chi connectivity index (χ3v) is 7.46. The zero-order valence-corrected chi connectivity index (χ0v) is 23.3. The number of alkyl halides is 3. The Kier molecular flexibility index (Phi) is 9.64.